The van der Waals surface area contributed by atoms with Crippen LogP contribution in [0.3, 0.4) is 0 Å². The van der Waals surface area contributed by atoms with Crippen LogP contribution in [0, 0.1) is 0 Å². The molecule has 1 fully saturated rings. The average Bonchev–Trinajstić information content (AvgIpc) is 2.84. The van der Waals surface area contributed by atoms with Gasteiger partial charge in [0.25, 0.3) is 0 Å². The predicted octanol–water partition coefficient (Wildman–Crippen LogP) is -0.590. The van der Waals surface area contributed by atoms with Crippen molar-refractivity contribution >= 4 is 23.2 Å². The van der Waals surface area contributed by atoms with E-state index in [0.717, 1.165) is 17.1 Å². The Hall–Kier alpha value is -1.47. The Bertz CT molecular complexity index is 446. The monoisotopic (exact) mass is 268 g/mol. The van der Waals surface area contributed by atoms with Gasteiger partial charge in [0.15, 0.2) is 0 Å². The Morgan fingerprint density at radius 3 is 3.17 bits per heavy atom. The van der Waals surface area contributed by atoms with Crippen LogP contribution in [0.25, 0.3) is 0 Å². The van der Waals surface area contributed by atoms with Gasteiger partial charge in [-0.25, -0.2) is 4.98 Å². The molecule has 1 saturated heterocycles. The van der Waals surface area contributed by atoms with E-state index < -0.39 is 6.04 Å². The van der Waals surface area contributed by atoms with E-state index in [1.165, 1.54) is 11.3 Å². The van der Waals surface area contributed by atoms with Crippen LogP contribution >= 0.6 is 11.3 Å². The van der Waals surface area contributed by atoms with Crippen molar-refractivity contribution < 1.29 is 9.59 Å². The molecular formula is C11H16N4O2S. The van der Waals surface area contributed by atoms with Crippen LogP contribution in [0.2, 0.25) is 0 Å². The second kappa shape index (κ2) is 5.92. The standard InChI is InChI=1S/C11H16N4O2S/c1-2-7-6-18-10(14-7)5-13-11(17)8-3-12-4-9(16)15-8/h6,8,12H,2-5H2,1H3,(H,13,17)(H,15,16). The van der Waals surface area contributed by atoms with Gasteiger partial charge >= 0.3 is 0 Å². The molecule has 1 aromatic heterocycles. The van der Waals surface area contributed by atoms with Gasteiger partial charge in [0.2, 0.25) is 11.8 Å². The summed E-state index contributed by atoms with van der Waals surface area (Å²) in [7, 11) is 0. The molecule has 0 saturated carbocycles. The summed E-state index contributed by atoms with van der Waals surface area (Å²) < 4.78 is 0. The number of amides is 2. The molecule has 0 aliphatic carbocycles. The number of hydrogen-bond donors (Lipinski definition) is 3. The van der Waals surface area contributed by atoms with Crippen molar-refractivity contribution in [1.82, 2.24) is 20.9 Å². The summed E-state index contributed by atoms with van der Waals surface area (Å²) in [5.41, 5.74) is 1.04. The molecule has 0 radical (unpaired) electrons. The first-order valence-corrected chi connectivity index (χ1v) is 6.78. The molecule has 0 spiro atoms. The lowest BCUT2D eigenvalue weighted by molar-refractivity contribution is -0.130. The molecule has 2 rings (SSSR count). The van der Waals surface area contributed by atoms with Crippen molar-refractivity contribution in [1.29, 1.82) is 0 Å². The molecule has 0 aromatic carbocycles. The van der Waals surface area contributed by atoms with Crippen molar-refractivity contribution in [3.8, 4) is 0 Å². The second-order valence-electron chi connectivity index (χ2n) is 4.05. The molecule has 1 aliphatic heterocycles. The lowest BCUT2D eigenvalue weighted by atomic mass is 10.2. The van der Waals surface area contributed by atoms with Crippen LogP contribution in [0.15, 0.2) is 5.38 Å². The van der Waals surface area contributed by atoms with E-state index in [0.29, 0.717) is 13.1 Å². The predicted molar refractivity (Wildman–Crippen MR) is 68.1 cm³/mol. The first-order chi connectivity index (χ1) is 8.69. The molecule has 98 valence electrons. The lowest BCUT2D eigenvalue weighted by Gasteiger charge is -2.23. The molecule has 18 heavy (non-hydrogen) atoms. The molecule has 6 nitrogen and oxygen atoms in total. The molecule has 2 amide bonds. The fourth-order valence-electron chi connectivity index (χ4n) is 1.66. The van der Waals surface area contributed by atoms with Crippen LogP contribution in [0.4, 0.5) is 0 Å². The van der Waals surface area contributed by atoms with Crippen LogP contribution in [-0.4, -0.2) is 35.9 Å². The topological polar surface area (TPSA) is 83.1 Å². The lowest BCUT2D eigenvalue weighted by Crippen LogP contribution is -2.58. The van der Waals surface area contributed by atoms with E-state index in [4.69, 9.17) is 0 Å². The normalized spacial score (nSPS) is 19.4. The molecule has 0 bridgehead atoms. The third-order valence-electron chi connectivity index (χ3n) is 2.66. The molecule has 1 aliphatic rings. The van der Waals surface area contributed by atoms with E-state index in [1.54, 1.807) is 0 Å². The molecule has 1 unspecified atom stereocenters. The number of hydrogen-bond acceptors (Lipinski definition) is 5. The highest BCUT2D eigenvalue weighted by Gasteiger charge is 2.24. The number of carbonyl (C=O) groups is 2. The maximum Gasteiger partial charge on any atom is 0.244 e. The number of nitrogens with zero attached hydrogens (tertiary/aromatic N) is 1. The first-order valence-electron chi connectivity index (χ1n) is 5.90. The van der Waals surface area contributed by atoms with E-state index in [1.807, 2.05) is 12.3 Å². The quantitative estimate of drug-likeness (QED) is 0.681. The zero-order chi connectivity index (χ0) is 13.0. The summed E-state index contributed by atoms with van der Waals surface area (Å²) in [6.45, 7) is 3.20. The first kappa shape index (κ1) is 13.0. The number of aromatic nitrogens is 1. The Kier molecular flexibility index (Phi) is 4.27. The Balaban J connectivity index is 1.82. The van der Waals surface area contributed by atoms with E-state index in [2.05, 4.69) is 20.9 Å². The molecule has 7 heteroatoms. The number of thiazole rings is 1. The zero-order valence-electron chi connectivity index (χ0n) is 10.2. The van der Waals surface area contributed by atoms with Crippen molar-refractivity contribution in [2.75, 3.05) is 13.1 Å². The fraction of sp³-hybridized carbons (Fsp3) is 0.545. The number of piperazine rings is 1. The SMILES string of the molecule is CCc1csc(CNC(=O)C2CNCC(=O)N2)n1. The van der Waals surface area contributed by atoms with Gasteiger partial charge in [0.1, 0.15) is 11.0 Å². The summed E-state index contributed by atoms with van der Waals surface area (Å²) in [4.78, 5) is 27.3. The maximum absolute atomic E-state index is 11.8. The molecule has 1 aromatic rings. The smallest absolute Gasteiger partial charge is 0.244 e. The van der Waals surface area contributed by atoms with E-state index in [9.17, 15) is 9.59 Å². The molecular weight excluding hydrogens is 252 g/mol. The minimum absolute atomic E-state index is 0.149. The van der Waals surface area contributed by atoms with Gasteiger partial charge < -0.3 is 16.0 Å². The minimum Gasteiger partial charge on any atom is -0.348 e. The maximum atomic E-state index is 11.8. The zero-order valence-corrected chi connectivity index (χ0v) is 11.0. The van der Waals surface area contributed by atoms with Gasteiger partial charge in [-0.1, -0.05) is 6.92 Å². The Morgan fingerprint density at radius 2 is 2.50 bits per heavy atom. The number of carbonyl (C=O) groups excluding carboxylic acids is 2. The van der Waals surface area contributed by atoms with Crippen molar-refractivity contribution in [2.45, 2.75) is 25.9 Å². The molecule has 2 heterocycles. The van der Waals surface area contributed by atoms with Crippen LogP contribution in [0.1, 0.15) is 17.6 Å². The third-order valence-corrected chi connectivity index (χ3v) is 3.56. The second-order valence-corrected chi connectivity index (χ2v) is 5.00. The number of nitrogens with one attached hydrogen (secondary N) is 3. The van der Waals surface area contributed by atoms with Gasteiger partial charge in [0, 0.05) is 11.9 Å². The average molecular weight is 268 g/mol. The number of aryl methyl sites for hydroxylation is 1. The van der Waals surface area contributed by atoms with Crippen molar-refractivity contribution in [3.63, 3.8) is 0 Å². The van der Waals surface area contributed by atoms with Gasteiger partial charge in [-0.2, -0.15) is 0 Å². The van der Waals surface area contributed by atoms with Crippen molar-refractivity contribution in [2.24, 2.45) is 0 Å². The summed E-state index contributed by atoms with van der Waals surface area (Å²) in [6, 6.07) is -0.489. The van der Waals surface area contributed by atoms with Crippen molar-refractivity contribution in [3.05, 3.63) is 16.1 Å². The largest absolute Gasteiger partial charge is 0.348 e. The summed E-state index contributed by atoms with van der Waals surface area (Å²) in [5, 5.41) is 11.2. The third kappa shape index (κ3) is 3.27. The summed E-state index contributed by atoms with van der Waals surface area (Å²) in [5.74, 6) is -0.326. The number of rotatable bonds is 4. The van der Waals surface area contributed by atoms with Gasteiger partial charge in [0.05, 0.1) is 18.8 Å². The fourth-order valence-corrected chi connectivity index (χ4v) is 2.48. The van der Waals surface area contributed by atoms with Gasteiger partial charge in [-0.3, -0.25) is 9.59 Å². The van der Waals surface area contributed by atoms with Crippen LogP contribution in [-0.2, 0) is 22.6 Å². The Labute approximate surface area is 109 Å². The summed E-state index contributed by atoms with van der Waals surface area (Å²) >= 11 is 1.53. The van der Waals surface area contributed by atoms with Crippen LogP contribution in [0.5, 0.6) is 0 Å². The van der Waals surface area contributed by atoms with E-state index in [-0.39, 0.29) is 18.4 Å². The highest BCUT2D eigenvalue weighted by molar-refractivity contribution is 7.09. The van der Waals surface area contributed by atoms with Crippen LogP contribution < -0.4 is 16.0 Å². The molecule has 3 N–H and O–H groups in total. The van der Waals surface area contributed by atoms with Gasteiger partial charge in [-0.15, -0.1) is 11.3 Å². The highest BCUT2D eigenvalue weighted by Crippen LogP contribution is 2.09. The molecule has 1 atom stereocenters. The minimum atomic E-state index is -0.489. The van der Waals surface area contributed by atoms with Gasteiger partial charge in [-0.05, 0) is 6.42 Å². The highest BCUT2D eigenvalue weighted by atomic mass is 32.1. The van der Waals surface area contributed by atoms with E-state index >= 15 is 0 Å². The summed E-state index contributed by atoms with van der Waals surface area (Å²) in [6.07, 6.45) is 0.896. The Morgan fingerprint density at radius 1 is 1.67 bits per heavy atom.